The fraction of sp³-hybridized carbons (Fsp3) is 0.333. The number of benzene rings is 1. The van der Waals surface area contributed by atoms with Crippen molar-refractivity contribution in [1.29, 1.82) is 0 Å². The lowest BCUT2D eigenvalue weighted by Gasteiger charge is -2.19. The van der Waals surface area contributed by atoms with Gasteiger partial charge in [0.25, 0.3) is 0 Å². The molecule has 0 spiro atoms. The van der Waals surface area contributed by atoms with Crippen LogP contribution in [0.1, 0.15) is 12.5 Å². The quantitative estimate of drug-likeness (QED) is 0.792. The molecule has 0 aromatic heterocycles. The van der Waals surface area contributed by atoms with Gasteiger partial charge < -0.3 is 10.0 Å². The molecule has 0 saturated carbocycles. The number of carbonyl (C=O) groups is 2. The summed E-state index contributed by atoms with van der Waals surface area (Å²) >= 11 is 0. The van der Waals surface area contributed by atoms with Crippen molar-refractivity contribution in [3.05, 3.63) is 29.6 Å². The van der Waals surface area contributed by atoms with Crippen molar-refractivity contribution in [2.45, 2.75) is 13.3 Å². The number of hydrogen-bond donors (Lipinski definition) is 1. The molecule has 2 rings (SSSR count). The van der Waals surface area contributed by atoms with Crippen molar-refractivity contribution in [1.82, 2.24) is 0 Å². The normalized spacial score (nSPS) is 15.5. The highest BCUT2D eigenvalue weighted by atomic mass is 19.1. The number of rotatable bonds is 2. The second-order valence-electron chi connectivity index (χ2n) is 4.07. The molecule has 90 valence electrons. The van der Waals surface area contributed by atoms with E-state index in [1.54, 1.807) is 6.07 Å². The monoisotopic (exact) mass is 237 g/mol. The van der Waals surface area contributed by atoms with Crippen LogP contribution in [-0.4, -0.2) is 23.5 Å². The Labute approximate surface area is 97.7 Å². The second-order valence-corrected chi connectivity index (χ2v) is 4.07. The van der Waals surface area contributed by atoms with Crippen LogP contribution < -0.4 is 4.90 Å². The van der Waals surface area contributed by atoms with Crippen LogP contribution in [0.5, 0.6) is 0 Å². The van der Waals surface area contributed by atoms with Gasteiger partial charge in [-0.3, -0.25) is 9.59 Å². The van der Waals surface area contributed by atoms with Gasteiger partial charge in [0.1, 0.15) is 11.7 Å². The standard InChI is InChI=1S/C12H12FNO3/c1-7(12(16)17)11(15)14-5-4-8-2-3-9(13)6-10(8)14/h2-3,6-7H,4-5H2,1H3,(H,16,17). The predicted octanol–water partition coefficient (Wildman–Crippen LogP) is 1.44. The molecule has 0 aliphatic carbocycles. The van der Waals surface area contributed by atoms with Crippen LogP contribution in [0.25, 0.3) is 0 Å². The highest BCUT2D eigenvalue weighted by Crippen LogP contribution is 2.29. The first-order valence-corrected chi connectivity index (χ1v) is 5.33. The lowest BCUT2D eigenvalue weighted by molar-refractivity contribution is -0.145. The number of fused-ring (bicyclic) bond motifs is 1. The van der Waals surface area contributed by atoms with Gasteiger partial charge in [-0.2, -0.15) is 0 Å². The number of carboxylic acid groups (broad SMARTS) is 1. The maximum atomic E-state index is 13.1. The second kappa shape index (κ2) is 4.16. The number of hydrogen-bond acceptors (Lipinski definition) is 2. The van der Waals surface area contributed by atoms with Crippen LogP contribution in [0.15, 0.2) is 18.2 Å². The number of halogens is 1. The molecule has 1 aromatic carbocycles. The van der Waals surface area contributed by atoms with E-state index in [1.807, 2.05) is 0 Å². The SMILES string of the molecule is CC(C(=O)O)C(=O)N1CCc2ccc(F)cc21. The highest BCUT2D eigenvalue weighted by molar-refractivity contribution is 6.06. The van der Waals surface area contributed by atoms with E-state index < -0.39 is 23.6 Å². The molecule has 4 nitrogen and oxygen atoms in total. The lowest BCUT2D eigenvalue weighted by atomic mass is 10.1. The van der Waals surface area contributed by atoms with Crippen molar-refractivity contribution in [2.75, 3.05) is 11.4 Å². The third-order valence-electron chi connectivity index (χ3n) is 2.95. The molecular weight excluding hydrogens is 225 g/mol. The van der Waals surface area contributed by atoms with Gasteiger partial charge in [0.05, 0.1) is 0 Å². The molecule has 1 atom stereocenters. The Kier molecular flexibility index (Phi) is 2.83. The van der Waals surface area contributed by atoms with E-state index in [2.05, 4.69) is 0 Å². The Hall–Kier alpha value is -1.91. The molecule has 1 amide bonds. The number of amides is 1. The number of carboxylic acids is 1. The fourth-order valence-electron chi connectivity index (χ4n) is 1.92. The molecule has 1 aliphatic heterocycles. The first kappa shape index (κ1) is 11.6. The molecule has 0 radical (unpaired) electrons. The van der Waals surface area contributed by atoms with Crippen LogP contribution in [0.3, 0.4) is 0 Å². The third kappa shape index (κ3) is 2.00. The summed E-state index contributed by atoms with van der Waals surface area (Å²) in [6.45, 7) is 1.75. The van der Waals surface area contributed by atoms with E-state index >= 15 is 0 Å². The Balaban J connectivity index is 2.30. The molecule has 0 fully saturated rings. The van der Waals surface area contributed by atoms with Gasteiger partial charge in [-0.25, -0.2) is 4.39 Å². The summed E-state index contributed by atoms with van der Waals surface area (Å²) < 4.78 is 13.1. The average Bonchev–Trinajstić information content (AvgIpc) is 2.69. The third-order valence-corrected chi connectivity index (χ3v) is 2.95. The summed E-state index contributed by atoms with van der Waals surface area (Å²) in [5.41, 5.74) is 1.36. The number of anilines is 1. The van der Waals surface area contributed by atoms with Crippen molar-refractivity contribution >= 4 is 17.6 Å². The van der Waals surface area contributed by atoms with E-state index in [1.165, 1.54) is 24.0 Å². The van der Waals surface area contributed by atoms with Crippen LogP contribution in [0.4, 0.5) is 10.1 Å². The maximum Gasteiger partial charge on any atom is 0.315 e. The van der Waals surface area contributed by atoms with Crippen molar-refractivity contribution in [3.63, 3.8) is 0 Å². The number of aliphatic carboxylic acids is 1. The molecule has 0 bridgehead atoms. The molecule has 1 aromatic rings. The molecule has 5 heteroatoms. The van der Waals surface area contributed by atoms with Crippen LogP contribution in [0, 0.1) is 11.7 Å². The van der Waals surface area contributed by atoms with Gasteiger partial charge in [-0.15, -0.1) is 0 Å². The Morgan fingerprint density at radius 3 is 2.82 bits per heavy atom. The van der Waals surface area contributed by atoms with Crippen molar-refractivity contribution < 1.29 is 19.1 Å². The fourth-order valence-corrected chi connectivity index (χ4v) is 1.92. The van der Waals surface area contributed by atoms with Gasteiger partial charge in [0.15, 0.2) is 0 Å². The largest absolute Gasteiger partial charge is 0.481 e. The summed E-state index contributed by atoms with van der Waals surface area (Å²) in [7, 11) is 0. The first-order valence-electron chi connectivity index (χ1n) is 5.33. The van der Waals surface area contributed by atoms with Gasteiger partial charge in [0.2, 0.25) is 5.91 Å². The zero-order valence-electron chi connectivity index (χ0n) is 9.31. The lowest BCUT2D eigenvalue weighted by Crippen LogP contribution is -2.37. The van der Waals surface area contributed by atoms with Crippen LogP contribution in [0.2, 0.25) is 0 Å². The van der Waals surface area contributed by atoms with Gasteiger partial charge >= 0.3 is 5.97 Å². The zero-order chi connectivity index (χ0) is 12.6. The van der Waals surface area contributed by atoms with Crippen LogP contribution >= 0.6 is 0 Å². The van der Waals surface area contributed by atoms with E-state index in [0.29, 0.717) is 18.7 Å². The van der Waals surface area contributed by atoms with E-state index in [0.717, 1.165) is 5.56 Å². The van der Waals surface area contributed by atoms with Crippen molar-refractivity contribution in [2.24, 2.45) is 5.92 Å². The molecule has 1 unspecified atom stereocenters. The summed E-state index contributed by atoms with van der Waals surface area (Å²) in [4.78, 5) is 24.0. The van der Waals surface area contributed by atoms with Gasteiger partial charge in [-0.1, -0.05) is 6.07 Å². The summed E-state index contributed by atoms with van der Waals surface area (Å²) in [5.74, 6) is -3.20. The molecule has 1 N–H and O–H groups in total. The van der Waals surface area contributed by atoms with E-state index in [-0.39, 0.29) is 0 Å². The molecule has 1 heterocycles. The molecule has 17 heavy (non-hydrogen) atoms. The Morgan fingerprint density at radius 2 is 2.18 bits per heavy atom. The highest BCUT2D eigenvalue weighted by Gasteiger charge is 2.31. The van der Waals surface area contributed by atoms with Crippen molar-refractivity contribution in [3.8, 4) is 0 Å². The van der Waals surface area contributed by atoms with Gasteiger partial charge in [-0.05, 0) is 31.0 Å². The smallest absolute Gasteiger partial charge is 0.315 e. The van der Waals surface area contributed by atoms with Crippen LogP contribution in [-0.2, 0) is 16.0 Å². The molecule has 0 saturated heterocycles. The number of carbonyl (C=O) groups excluding carboxylic acids is 1. The summed E-state index contributed by atoms with van der Waals surface area (Å²) in [6.07, 6.45) is 0.633. The summed E-state index contributed by atoms with van der Waals surface area (Å²) in [5, 5.41) is 8.79. The minimum atomic E-state index is -1.17. The minimum Gasteiger partial charge on any atom is -0.481 e. The molecular formula is C12H12FNO3. The first-order chi connectivity index (χ1) is 8.00. The minimum absolute atomic E-state index is 0.412. The topological polar surface area (TPSA) is 57.6 Å². The predicted molar refractivity (Wildman–Crippen MR) is 59.3 cm³/mol. The zero-order valence-corrected chi connectivity index (χ0v) is 9.31. The summed E-state index contributed by atoms with van der Waals surface area (Å²) in [6, 6.07) is 4.24. The number of nitrogens with zero attached hydrogens (tertiary/aromatic N) is 1. The van der Waals surface area contributed by atoms with E-state index in [4.69, 9.17) is 5.11 Å². The Morgan fingerprint density at radius 1 is 1.47 bits per heavy atom. The Bertz CT molecular complexity index is 487. The van der Waals surface area contributed by atoms with Gasteiger partial charge in [0, 0.05) is 12.2 Å². The van der Waals surface area contributed by atoms with E-state index in [9.17, 15) is 14.0 Å². The average molecular weight is 237 g/mol. The maximum absolute atomic E-state index is 13.1. The molecule has 1 aliphatic rings.